The van der Waals surface area contributed by atoms with Gasteiger partial charge in [-0.15, -0.1) is 0 Å². The zero-order valence-electron chi connectivity index (χ0n) is 17.2. The minimum Gasteiger partial charge on any atom is -0.252 e. The fourth-order valence-electron chi connectivity index (χ4n) is 4.42. The molecule has 0 spiro atoms. The molecule has 0 radical (unpaired) electrons. The Morgan fingerprint density at radius 2 is 0.935 bits per heavy atom. The number of hydrogen-bond acceptors (Lipinski definition) is 2. The number of benzene rings is 5. The highest BCUT2D eigenvalue weighted by atomic mass is 14.8. The van der Waals surface area contributed by atoms with Crippen molar-refractivity contribution in [3.05, 3.63) is 109 Å². The van der Waals surface area contributed by atoms with E-state index in [1.165, 1.54) is 38.6 Å². The Labute approximate surface area is 180 Å². The van der Waals surface area contributed by atoms with Crippen molar-refractivity contribution >= 4 is 32.6 Å². The molecule has 0 aliphatic carbocycles. The van der Waals surface area contributed by atoms with Crippen molar-refractivity contribution in [2.75, 3.05) is 0 Å². The number of nitrogens with zero attached hydrogens (tertiary/aromatic N) is 2. The van der Waals surface area contributed by atoms with Crippen LogP contribution in [-0.4, -0.2) is 9.97 Å². The monoisotopic (exact) mass is 396 g/mol. The Hall–Kier alpha value is -4.04. The molecule has 0 aliphatic rings. The van der Waals surface area contributed by atoms with Gasteiger partial charge >= 0.3 is 0 Å². The van der Waals surface area contributed by atoms with E-state index < -0.39 is 0 Å². The smallest absolute Gasteiger partial charge is 0.0971 e. The van der Waals surface area contributed by atoms with E-state index in [4.69, 9.17) is 9.97 Å². The largest absolute Gasteiger partial charge is 0.252 e. The summed E-state index contributed by atoms with van der Waals surface area (Å²) in [4.78, 5) is 9.49. The summed E-state index contributed by atoms with van der Waals surface area (Å²) in [6.45, 7) is 2.11. The van der Waals surface area contributed by atoms with Crippen LogP contribution >= 0.6 is 0 Å². The molecule has 0 N–H and O–H groups in total. The summed E-state index contributed by atoms with van der Waals surface area (Å²) in [5.74, 6) is 0. The van der Waals surface area contributed by atoms with Crippen LogP contribution in [0.2, 0.25) is 0 Å². The van der Waals surface area contributed by atoms with E-state index in [0.717, 1.165) is 21.8 Å². The Morgan fingerprint density at radius 1 is 0.452 bits per heavy atom. The third-order valence-electron chi connectivity index (χ3n) is 6.03. The van der Waals surface area contributed by atoms with Gasteiger partial charge in [0.2, 0.25) is 0 Å². The first-order chi connectivity index (χ1) is 15.3. The maximum atomic E-state index is 4.75. The van der Waals surface area contributed by atoms with Gasteiger partial charge in [-0.1, -0.05) is 84.4 Å². The summed E-state index contributed by atoms with van der Waals surface area (Å²) in [6, 6.07) is 32.5. The summed E-state index contributed by atoms with van der Waals surface area (Å²) in [6.07, 6.45) is 3.57. The van der Waals surface area contributed by atoms with Gasteiger partial charge < -0.3 is 0 Å². The minimum absolute atomic E-state index is 0.948. The Kier molecular flexibility index (Phi) is 4.03. The zero-order chi connectivity index (χ0) is 20.8. The molecule has 0 atom stereocenters. The second kappa shape index (κ2) is 7.03. The van der Waals surface area contributed by atoms with Gasteiger partial charge in [-0.05, 0) is 52.1 Å². The van der Waals surface area contributed by atoms with Gasteiger partial charge in [-0.3, -0.25) is 9.97 Å². The van der Waals surface area contributed by atoms with Crippen LogP contribution in [-0.2, 0) is 0 Å². The molecular weight excluding hydrogens is 376 g/mol. The van der Waals surface area contributed by atoms with Crippen LogP contribution in [0.1, 0.15) is 5.56 Å². The van der Waals surface area contributed by atoms with E-state index in [0.29, 0.717) is 0 Å². The molecule has 0 unspecified atom stereocenters. The highest BCUT2D eigenvalue weighted by molar-refractivity contribution is 6.24. The van der Waals surface area contributed by atoms with Crippen LogP contribution in [0.4, 0.5) is 0 Å². The van der Waals surface area contributed by atoms with Crippen molar-refractivity contribution in [3.8, 4) is 22.3 Å². The average molecular weight is 396 g/mol. The van der Waals surface area contributed by atoms with Gasteiger partial charge in [0.1, 0.15) is 0 Å². The zero-order valence-corrected chi connectivity index (χ0v) is 17.2. The molecule has 6 rings (SSSR count). The Morgan fingerprint density at radius 3 is 1.48 bits per heavy atom. The van der Waals surface area contributed by atoms with Crippen molar-refractivity contribution in [3.63, 3.8) is 0 Å². The van der Waals surface area contributed by atoms with E-state index in [9.17, 15) is 0 Å². The first-order valence-electron chi connectivity index (χ1n) is 10.5. The van der Waals surface area contributed by atoms with E-state index in [1.807, 2.05) is 6.07 Å². The van der Waals surface area contributed by atoms with Crippen LogP contribution in [0.25, 0.3) is 54.8 Å². The Bertz CT molecular complexity index is 1550. The first-order valence-corrected chi connectivity index (χ1v) is 10.5. The maximum Gasteiger partial charge on any atom is 0.0971 e. The van der Waals surface area contributed by atoms with Gasteiger partial charge in [0, 0.05) is 23.2 Å². The minimum atomic E-state index is 0.948. The average Bonchev–Trinajstić information content (AvgIpc) is 2.84. The molecule has 0 fully saturated rings. The van der Waals surface area contributed by atoms with E-state index in [-0.39, 0.29) is 0 Å². The standard InChI is InChI=1S/C29H20N2/c1-19-7-9-21(10-8-19)23-12-14-25-24-13-11-22(20-5-3-2-4-6-20)17-26(24)28-29(27(25)18-23)31-16-15-30-28/h2-18H,1H3. The van der Waals surface area contributed by atoms with E-state index in [1.54, 1.807) is 12.4 Å². The number of aromatic nitrogens is 2. The molecule has 0 amide bonds. The summed E-state index contributed by atoms with van der Waals surface area (Å²) >= 11 is 0. The quantitative estimate of drug-likeness (QED) is 0.282. The second-order valence-corrected chi connectivity index (χ2v) is 8.01. The van der Waals surface area contributed by atoms with Crippen LogP contribution in [0, 0.1) is 6.92 Å². The van der Waals surface area contributed by atoms with Crippen LogP contribution in [0.5, 0.6) is 0 Å². The third-order valence-corrected chi connectivity index (χ3v) is 6.03. The SMILES string of the molecule is Cc1ccc(-c2ccc3c4ccc(-c5ccccc5)cc4c4nccnc4c3c2)cc1. The molecule has 0 bridgehead atoms. The summed E-state index contributed by atoms with van der Waals surface area (Å²) in [7, 11) is 0. The molecule has 1 heterocycles. The van der Waals surface area contributed by atoms with Crippen LogP contribution in [0.3, 0.4) is 0 Å². The lowest BCUT2D eigenvalue weighted by molar-refractivity contribution is 1.31. The molecular formula is C29H20N2. The Balaban J connectivity index is 1.66. The number of fused-ring (bicyclic) bond motifs is 6. The fourth-order valence-corrected chi connectivity index (χ4v) is 4.42. The maximum absolute atomic E-state index is 4.75. The van der Waals surface area contributed by atoms with Crippen molar-refractivity contribution in [2.45, 2.75) is 6.92 Å². The van der Waals surface area contributed by atoms with Crippen LogP contribution < -0.4 is 0 Å². The molecule has 5 aromatic carbocycles. The number of aryl methyl sites for hydroxylation is 1. The number of hydrogen-bond donors (Lipinski definition) is 0. The lowest BCUT2D eigenvalue weighted by Gasteiger charge is -2.12. The molecule has 6 aromatic rings. The highest BCUT2D eigenvalue weighted by Crippen LogP contribution is 2.37. The predicted octanol–water partition coefficient (Wildman–Crippen LogP) is 7.58. The third kappa shape index (κ3) is 2.96. The van der Waals surface area contributed by atoms with Crippen molar-refractivity contribution in [2.24, 2.45) is 0 Å². The molecule has 0 saturated carbocycles. The van der Waals surface area contributed by atoms with Gasteiger partial charge in [0.25, 0.3) is 0 Å². The lowest BCUT2D eigenvalue weighted by atomic mass is 9.93. The number of rotatable bonds is 2. The molecule has 2 nitrogen and oxygen atoms in total. The normalized spacial score (nSPS) is 11.4. The van der Waals surface area contributed by atoms with E-state index in [2.05, 4.69) is 91.9 Å². The van der Waals surface area contributed by atoms with Gasteiger partial charge in [0.05, 0.1) is 11.0 Å². The predicted molar refractivity (Wildman–Crippen MR) is 130 cm³/mol. The van der Waals surface area contributed by atoms with Crippen LogP contribution in [0.15, 0.2) is 103 Å². The van der Waals surface area contributed by atoms with Gasteiger partial charge in [-0.2, -0.15) is 0 Å². The lowest BCUT2D eigenvalue weighted by Crippen LogP contribution is -1.90. The summed E-state index contributed by atoms with van der Waals surface area (Å²) < 4.78 is 0. The molecule has 1 aromatic heterocycles. The van der Waals surface area contributed by atoms with Crippen molar-refractivity contribution < 1.29 is 0 Å². The highest BCUT2D eigenvalue weighted by Gasteiger charge is 2.12. The second-order valence-electron chi connectivity index (χ2n) is 8.01. The van der Waals surface area contributed by atoms with Crippen molar-refractivity contribution in [1.82, 2.24) is 9.97 Å². The van der Waals surface area contributed by atoms with Gasteiger partial charge in [0.15, 0.2) is 0 Å². The molecule has 0 aliphatic heterocycles. The first kappa shape index (κ1) is 17.8. The fraction of sp³-hybridized carbons (Fsp3) is 0.0345. The molecule has 2 heteroatoms. The molecule has 146 valence electrons. The summed E-state index contributed by atoms with van der Waals surface area (Å²) in [5.41, 5.74) is 7.96. The topological polar surface area (TPSA) is 25.8 Å². The van der Waals surface area contributed by atoms with E-state index >= 15 is 0 Å². The summed E-state index contributed by atoms with van der Waals surface area (Å²) in [5, 5.41) is 4.69. The molecule has 0 saturated heterocycles. The van der Waals surface area contributed by atoms with Crippen molar-refractivity contribution in [1.29, 1.82) is 0 Å². The molecule has 31 heavy (non-hydrogen) atoms. The van der Waals surface area contributed by atoms with Gasteiger partial charge in [-0.25, -0.2) is 0 Å².